The number of hydrogen-bond acceptors (Lipinski definition) is 3. The molecular weight excluding hydrogens is 264 g/mol. The average molecular weight is 290 g/mol. The van der Waals surface area contributed by atoms with Gasteiger partial charge in [-0.2, -0.15) is 0 Å². The molecule has 0 aromatic heterocycles. The number of ether oxygens (including phenoxy) is 1. The van der Waals surface area contributed by atoms with Gasteiger partial charge in [-0.1, -0.05) is 25.5 Å². The van der Waals surface area contributed by atoms with Crippen LogP contribution in [-0.4, -0.2) is 25.6 Å². The molecule has 1 heterocycles. The van der Waals surface area contributed by atoms with E-state index in [1.165, 1.54) is 6.42 Å². The summed E-state index contributed by atoms with van der Waals surface area (Å²) >= 11 is 0. The summed E-state index contributed by atoms with van der Waals surface area (Å²) in [5, 5.41) is 6.43. The van der Waals surface area contributed by atoms with Crippen LogP contribution in [0.3, 0.4) is 0 Å². The predicted molar refractivity (Wildman–Crippen MR) is 84.4 cm³/mol. The number of piperidine rings is 1. The van der Waals surface area contributed by atoms with E-state index < -0.39 is 0 Å². The molecule has 21 heavy (non-hydrogen) atoms. The maximum Gasteiger partial charge on any atom is 0.237 e. The Balaban J connectivity index is 1.94. The fraction of sp³-hybridized carbons (Fsp3) is 0.588. The minimum absolute atomic E-state index is 0.0172. The number of amides is 1. The zero-order valence-electron chi connectivity index (χ0n) is 13.2. The van der Waals surface area contributed by atoms with Crippen LogP contribution in [0.2, 0.25) is 0 Å². The third-order valence-corrected chi connectivity index (χ3v) is 4.36. The minimum Gasteiger partial charge on any atom is -0.497 e. The van der Waals surface area contributed by atoms with Gasteiger partial charge in [0.15, 0.2) is 0 Å². The first-order chi connectivity index (χ1) is 10.1. The van der Waals surface area contributed by atoms with Gasteiger partial charge < -0.3 is 15.4 Å². The summed E-state index contributed by atoms with van der Waals surface area (Å²) in [4.78, 5) is 12.4. The fourth-order valence-electron chi connectivity index (χ4n) is 2.87. The van der Waals surface area contributed by atoms with E-state index in [-0.39, 0.29) is 18.0 Å². The first-order valence-corrected chi connectivity index (χ1v) is 7.81. The maximum atomic E-state index is 12.4. The molecule has 0 radical (unpaired) electrons. The summed E-state index contributed by atoms with van der Waals surface area (Å²) in [6, 6.07) is 7.76. The van der Waals surface area contributed by atoms with Gasteiger partial charge in [0.05, 0.1) is 19.2 Å². The van der Waals surface area contributed by atoms with Crippen molar-refractivity contribution in [3.8, 4) is 5.75 Å². The lowest BCUT2D eigenvalue weighted by atomic mass is 9.90. The monoisotopic (exact) mass is 290 g/mol. The Labute approximate surface area is 127 Å². The summed E-state index contributed by atoms with van der Waals surface area (Å²) in [5.41, 5.74) is 1.06. The van der Waals surface area contributed by atoms with Crippen molar-refractivity contribution < 1.29 is 9.53 Å². The van der Waals surface area contributed by atoms with Crippen molar-refractivity contribution in [3.63, 3.8) is 0 Å². The number of benzene rings is 1. The smallest absolute Gasteiger partial charge is 0.237 e. The van der Waals surface area contributed by atoms with Crippen molar-refractivity contribution in [2.24, 2.45) is 5.92 Å². The van der Waals surface area contributed by atoms with E-state index in [4.69, 9.17) is 4.74 Å². The molecule has 1 aliphatic rings. The minimum atomic E-state index is -0.0586. The largest absolute Gasteiger partial charge is 0.497 e. The quantitative estimate of drug-likeness (QED) is 0.876. The Hall–Kier alpha value is -1.55. The molecule has 1 saturated heterocycles. The van der Waals surface area contributed by atoms with E-state index in [2.05, 4.69) is 17.6 Å². The van der Waals surface area contributed by atoms with E-state index in [9.17, 15) is 4.79 Å². The van der Waals surface area contributed by atoms with Crippen LogP contribution in [0.1, 0.15) is 44.7 Å². The molecule has 4 nitrogen and oxygen atoms in total. The molecule has 1 fully saturated rings. The molecule has 4 heteroatoms. The van der Waals surface area contributed by atoms with E-state index in [1.54, 1.807) is 7.11 Å². The van der Waals surface area contributed by atoms with Crippen LogP contribution in [0.25, 0.3) is 0 Å². The van der Waals surface area contributed by atoms with Gasteiger partial charge in [-0.25, -0.2) is 0 Å². The normalized spacial score (nSPS) is 23.4. The highest BCUT2D eigenvalue weighted by Gasteiger charge is 2.26. The van der Waals surface area contributed by atoms with Gasteiger partial charge in [0, 0.05) is 0 Å². The van der Waals surface area contributed by atoms with Crippen LogP contribution in [-0.2, 0) is 4.79 Å². The van der Waals surface area contributed by atoms with E-state index >= 15 is 0 Å². The van der Waals surface area contributed by atoms with Gasteiger partial charge >= 0.3 is 0 Å². The lowest BCUT2D eigenvalue weighted by molar-refractivity contribution is -0.124. The second-order valence-electron chi connectivity index (χ2n) is 5.81. The van der Waals surface area contributed by atoms with Gasteiger partial charge in [-0.15, -0.1) is 0 Å². The topological polar surface area (TPSA) is 50.4 Å². The first-order valence-electron chi connectivity index (χ1n) is 7.81. The maximum absolute atomic E-state index is 12.4. The highest BCUT2D eigenvalue weighted by Crippen LogP contribution is 2.21. The molecular formula is C17H26N2O2. The van der Waals surface area contributed by atoms with Crippen molar-refractivity contribution in [1.29, 1.82) is 0 Å². The number of carbonyl (C=O) groups excluding carboxylic acids is 1. The molecule has 1 amide bonds. The molecule has 0 saturated carbocycles. The molecule has 3 atom stereocenters. The SMILES string of the molecule is CCC1CCNC(C(=O)N[C@H](C)c2cccc(OC)c2)C1. The third-order valence-electron chi connectivity index (χ3n) is 4.36. The second kappa shape index (κ2) is 7.46. The fourth-order valence-corrected chi connectivity index (χ4v) is 2.87. The standard InChI is InChI=1S/C17H26N2O2/c1-4-13-8-9-18-16(10-13)17(20)19-12(2)14-6-5-7-15(11-14)21-3/h5-7,11-13,16,18H,4,8-10H2,1-3H3,(H,19,20)/t12-,13?,16?/m1/s1. The molecule has 1 aromatic rings. The molecule has 0 bridgehead atoms. The Morgan fingerprint density at radius 3 is 3.05 bits per heavy atom. The number of hydrogen-bond donors (Lipinski definition) is 2. The lowest BCUT2D eigenvalue weighted by Gasteiger charge is -2.30. The summed E-state index contributed by atoms with van der Waals surface area (Å²) in [7, 11) is 1.65. The molecule has 1 aliphatic heterocycles. The van der Waals surface area contributed by atoms with Gasteiger partial charge in [-0.3, -0.25) is 4.79 Å². The van der Waals surface area contributed by atoms with E-state index in [0.29, 0.717) is 5.92 Å². The highest BCUT2D eigenvalue weighted by atomic mass is 16.5. The Morgan fingerprint density at radius 1 is 1.52 bits per heavy atom. The number of carbonyl (C=O) groups is 1. The molecule has 1 aromatic carbocycles. The first kappa shape index (κ1) is 15.8. The highest BCUT2D eigenvalue weighted by molar-refractivity contribution is 5.82. The predicted octanol–water partition coefficient (Wildman–Crippen LogP) is 2.65. The summed E-state index contributed by atoms with van der Waals surface area (Å²) < 4.78 is 5.23. The molecule has 2 rings (SSSR count). The summed E-state index contributed by atoms with van der Waals surface area (Å²) in [6.45, 7) is 5.14. The van der Waals surface area contributed by atoms with Crippen molar-refractivity contribution in [2.75, 3.05) is 13.7 Å². The molecule has 2 N–H and O–H groups in total. The molecule has 0 spiro atoms. The number of nitrogens with one attached hydrogen (secondary N) is 2. The van der Waals surface area contributed by atoms with Crippen molar-refractivity contribution >= 4 is 5.91 Å². The Bertz CT molecular complexity index is 476. The van der Waals surface area contributed by atoms with Gasteiger partial charge in [0.25, 0.3) is 0 Å². The van der Waals surface area contributed by atoms with Crippen LogP contribution in [0, 0.1) is 5.92 Å². The van der Waals surface area contributed by atoms with Crippen LogP contribution in [0.5, 0.6) is 5.75 Å². The van der Waals surface area contributed by atoms with Gasteiger partial charge in [-0.05, 0) is 49.9 Å². The third kappa shape index (κ3) is 4.21. The van der Waals surface area contributed by atoms with Crippen LogP contribution in [0.15, 0.2) is 24.3 Å². The molecule has 116 valence electrons. The van der Waals surface area contributed by atoms with Gasteiger partial charge in [0.2, 0.25) is 5.91 Å². The van der Waals surface area contributed by atoms with E-state index in [1.807, 2.05) is 31.2 Å². The van der Waals surface area contributed by atoms with Crippen molar-refractivity contribution in [1.82, 2.24) is 10.6 Å². The van der Waals surface area contributed by atoms with E-state index in [0.717, 1.165) is 30.7 Å². The number of rotatable bonds is 5. The lowest BCUT2D eigenvalue weighted by Crippen LogP contribution is -2.49. The van der Waals surface area contributed by atoms with Gasteiger partial charge in [0.1, 0.15) is 5.75 Å². The zero-order chi connectivity index (χ0) is 15.2. The van der Waals surface area contributed by atoms with Crippen LogP contribution >= 0.6 is 0 Å². The van der Waals surface area contributed by atoms with Crippen molar-refractivity contribution in [3.05, 3.63) is 29.8 Å². The molecule has 2 unspecified atom stereocenters. The zero-order valence-corrected chi connectivity index (χ0v) is 13.2. The second-order valence-corrected chi connectivity index (χ2v) is 5.81. The Kier molecular flexibility index (Phi) is 5.62. The Morgan fingerprint density at radius 2 is 2.33 bits per heavy atom. The van der Waals surface area contributed by atoms with Crippen LogP contribution < -0.4 is 15.4 Å². The number of methoxy groups -OCH3 is 1. The molecule has 0 aliphatic carbocycles. The van der Waals surface area contributed by atoms with Crippen molar-refractivity contribution in [2.45, 2.75) is 45.2 Å². The summed E-state index contributed by atoms with van der Waals surface area (Å²) in [5.74, 6) is 1.58. The average Bonchev–Trinajstić information content (AvgIpc) is 2.54. The summed E-state index contributed by atoms with van der Waals surface area (Å²) in [6.07, 6.45) is 3.26. The van der Waals surface area contributed by atoms with Crippen LogP contribution in [0.4, 0.5) is 0 Å².